The number of carboxylic acid groups (broad SMARTS) is 1. The summed E-state index contributed by atoms with van der Waals surface area (Å²) in [7, 11) is 0.245. The summed E-state index contributed by atoms with van der Waals surface area (Å²) in [4.78, 5) is 24.9. The van der Waals surface area contributed by atoms with Crippen LogP contribution in [0.25, 0.3) is 0 Å². The summed E-state index contributed by atoms with van der Waals surface area (Å²) in [6, 6.07) is 1.96. The minimum atomic E-state index is -1.26. The van der Waals surface area contributed by atoms with Crippen LogP contribution < -0.4 is 5.32 Å². The molecule has 0 spiro atoms. The summed E-state index contributed by atoms with van der Waals surface area (Å²) in [5, 5.41) is 22.7. The molecule has 1 aromatic carbocycles. The maximum absolute atomic E-state index is 11.1. The van der Waals surface area contributed by atoms with E-state index in [0.29, 0.717) is 5.56 Å². The summed E-state index contributed by atoms with van der Waals surface area (Å²) in [5.41, 5.74) is 1.37. The number of nitro benzene ring substituents is 1. The van der Waals surface area contributed by atoms with Gasteiger partial charge >= 0.3 is 120 Å². The van der Waals surface area contributed by atoms with Crippen LogP contribution in [0.1, 0.15) is 11.1 Å². The Kier molecular flexibility index (Phi) is 5.71. The fourth-order valence-corrected chi connectivity index (χ4v) is 1.85. The van der Waals surface area contributed by atoms with Crippen LogP contribution >= 0.6 is 0 Å². The summed E-state index contributed by atoms with van der Waals surface area (Å²) in [5.74, 6) is -1.26. The molecule has 8 nitrogen and oxygen atoms in total. The van der Waals surface area contributed by atoms with Crippen molar-refractivity contribution in [3.63, 3.8) is 0 Å². The molecule has 21 heavy (non-hydrogen) atoms. The molecule has 2 N–H and O–H groups in total. The van der Waals surface area contributed by atoms with E-state index in [9.17, 15) is 19.6 Å². The Bertz CT molecular complexity index is 603. The van der Waals surface area contributed by atoms with Crippen molar-refractivity contribution in [2.75, 3.05) is 11.9 Å². The normalized spacial score (nSPS) is 11.9. The summed E-state index contributed by atoms with van der Waals surface area (Å²) in [6.45, 7) is 3.18. The third-order valence-electron chi connectivity index (χ3n) is 2.68. The Morgan fingerprint density at radius 1 is 1.57 bits per heavy atom. The van der Waals surface area contributed by atoms with E-state index in [1.807, 2.05) is 6.11 Å². The second kappa shape index (κ2) is 7.27. The van der Waals surface area contributed by atoms with Crippen LogP contribution in [0, 0.1) is 24.0 Å². The molecule has 0 aliphatic heterocycles. The molecule has 0 fully saturated rings. The average molecular weight is 290 g/mol. The van der Waals surface area contributed by atoms with Gasteiger partial charge in [0.2, 0.25) is 0 Å². The number of carbonyl (C=O) groups is 1. The number of aliphatic imine (C=N–C) groups is 1. The summed E-state index contributed by atoms with van der Waals surface area (Å²) < 4.78 is 10.1. The van der Waals surface area contributed by atoms with Crippen LogP contribution in [0.4, 0.5) is 11.4 Å². The van der Waals surface area contributed by atoms with Gasteiger partial charge in [-0.05, 0) is 0 Å². The van der Waals surface area contributed by atoms with Gasteiger partial charge in [0.25, 0.3) is 0 Å². The van der Waals surface area contributed by atoms with E-state index in [1.54, 1.807) is 26.0 Å². The Morgan fingerprint density at radius 3 is 2.76 bits per heavy atom. The van der Waals surface area contributed by atoms with Crippen molar-refractivity contribution in [3.8, 4) is 0 Å². The first kappa shape index (κ1) is 16.5. The number of benzene rings is 1. The van der Waals surface area contributed by atoms with Gasteiger partial charge in [-0.15, -0.1) is 0 Å². The molecule has 1 rings (SSSR count). The molecule has 0 radical (unpaired) electrons. The van der Waals surface area contributed by atoms with Crippen LogP contribution in [-0.4, -0.2) is 41.8 Å². The molecule has 0 saturated carbocycles. The van der Waals surface area contributed by atoms with Gasteiger partial charge < -0.3 is 0 Å². The number of aryl methyl sites for hydroxylation is 2. The Morgan fingerprint density at radius 2 is 2.24 bits per heavy atom. The molecule has 0 amide bonds. The van der Waals surface area contributed by atoms with Crippen molar-refractivity contribution < 1.29 is 19.5 Å². The van der Waals surface area contributed by atoms with Gasteiger partial charge in [0.05, 0.1) is 0 Å². The van der Waals surface area contributed by atoms with E-state index >= 15 is 0 Å². The zero-order chi connectivity index (χ0) is 16.0. The number of nitro groups is 1. The Hall–Kier alpha value is -2.58. The topological polar surface area (TPSA) is 122 Å². The number of rotatable bonds is 7. The van der Waals surface area contributed by atoms with E-state index in [4.69, 9.17) is 5.11 Å². The minimum absolute atomic E-state index is 0.118. The first-order valence-electron chi connectivity index (χ1n) is 5.98. The van der Waals surface area contributed by atoms with E-state index in [1.165, 1.54) is 0 Å². The first-order valence-corrected chi connectivity index (χ1v) is 5.98. The van der Waals surface area contributed by atoms with Crippen molar-refractivity contribution in [3.05, 3.63) is 33.4 Å². The van der Waals surface area contributed by atoms with Gasteiger partial charge in [0, 0.05) is 0 Å². The van der Waals surface area contributed by atoms with Crippen molar-refractivity contribution in [1.29, 1.82) is 0 Å². The van der Waals surface area contributed by atoms with Gasteiger partial charge in [0.1, 0.15) is 0 Å². The van der Waals surface area contributed by atoms with E-state index in [0.717, 1.165) is 5.56 Å². The Labute approximate surface area is 121 Å². The van der Waals surface area contributed by atoms with Crippen molar-refractivity contribution in [1.82, 2.24) is 0 Å². The predicted octanol–water partition coefficient (Wildman–Crippen LogP) is 1.03. The molecule has 1 atom stereocenters. The second-order valence-electron chi connectivity index (χ2n) is 4.35. The molecule has 0 saturated heterocycles. The average Bonchev–Trinajstić information content (AvgIpc) is 2.36. The molecule has 0 heterocycles. The molecule has 110 valence electrons. The number of nitrogens with one attached hydrogen (secondary N) is 1. The van der Waals surface area contributed by atoms with Crippen molar-refractivity contribution >= 4 is 30.6 Å². The van der Waals surface area contributed by atoms with Crippen LogP contribution in [0.5, 0.6) is 0 Å². The molecular formula is C12H13BN3O5-. The first-order chi connectivity index (χ1) is 9.86. The SMILES string of the molecule is Cc1cc(C)c([N+](=O)[O-])c(NC[C@H](N=[C-]B=O)C(=O)O)c1. The predicted molar refractivity (Wildman–Crippen MR) is 76.4 cm³/mol. The molecule has 0 bridgehead atoms. The third kappa shape index (κ3) is 4.48. The van der Waals surface area contributed by atoms with Crippen LogP contribution in [0.15, 0.2) is 17.1 Å². The van der Waals surface area contributed by atoms with Gasteiger partial charge in [-0.1, -0.05) is 0 Å². The molecule has 0 unspecified atom stereocenters. The van der Waals surface area contributed by atoms with Crippen LogP contribution in [0.2, 0.25) is 0 Å². The number of hydrogen-bond acceptors (Lipinski definition) is 6. The van der Waals surface area contributed by atoms with E-state index in [2.05, 4.69) is 10.3 Å². The quantitative estimate of drug-likeness (QED) is 0.254. The molecule has 1 aromatic rings. The molecule has 0 aliphatic rings. The number of nitrogens with zero attached hydrogens (tertiary/aromatic N) is 2. The molecule has 0 aromatic heterocycles. The fraction of sp³-hybridized carbons (Fsp3) is 0.333. The maximum atomic E-state index is 11.1. The van der Waals surface area contributed by atoms with Crippen LogP contribution in [0.3, 0.4) is 0 Å². The van der Waals surface area contributed by atoms with Gasteiger partial charge in [0.15, 0.2) is 0 Å². The molecule has 9 heteroatoms. The third-order valence-corrected chi connectivity index (χ3v) is 2.68. The monoisotopic (exact) mass is 290 g/mol. The van der Waals surface area contributed by atoms with E-state index < -0.39 is 16.9 Å². The number of carboxylic acids is 1. The zero-order valence-corrected chi connectivity index (χ0v) is 11.5. The van der Waals surface area contributed by atoms with Crippen LogP contribution in [-0.2, 0) is 9.50 Å². The molecular weight excluding hydrogens is 277 g/mol. The van der Waals surface area contributed by atoms with Crippen molar-refractivity contribution in [2.24, 2.45) is 4.99 Å². The molecule has 0 aliphatic carbocycles. The van der Waals surface area contributed by atoms with Crippen molar-refractivity contribution in [2.45, 2.75) is 19.9 Å². The fourth-order valence-electron chi connectivity index (χ4n) is 1.85. The summed E-state index contributed by atoms with van der Waals surface area (Å²) in [6.07, 6.45) is 1.92. The van der Waals surface area contributed by atoms with Gasteiger partial charge in [-0.25, -0.2) is 0 Å². The Balaban J connectivity index is 3.01. The van der Waals surface area contributed by atoms with Gasteiger partial charge in [-0.3, -0.25) is 0 Å². The summed E-state index contributed by atoms with van der Waals surface area (Å²) >= 11 is 0. The second-order valence-corrected chi connectivity index (χ2v) is 4.35. The number of hydrogen-bond donors (Lipinski definition) is 2. The number of aliphatic carboxylic acids is 1. The van der Waals surface area contributed by atoms with Gasteiger partial charge in [-0.2, -0.15) is 0 Å². The zero-order valence-electron chi connectivity index (χ0n) is 11.5. The van der Waals surface area contributed by atoms with E-state index in [-0.39, 0.29) is 25.1 Å². The standard InChI is InChI=1S/C12H13BN3O5/c1-7-3-8(2)11(16(20)21)9(4-7)14-5-10(12(17)18)15-6-13-19/h3-4,10,14H,5H2,1-2H3,(H,17,18)/q-1/t10-/m0/s1. The number of anilines is 1.